The number of amides is 1. The molecule has 2 unspecified atom stereocenters. The summed E-state index contributed by atoms with van der Waals surface area (Å²) < 4.78 is 1.12. The van der Waals surface area contributed by atoms with Crippen LogP contribution >= 0.6 is 11.3 Å². The number of fused-ring (bicyclic) bond motifs is 1. The first-order valence-corrected chi connectivity index (χ1v) is 8.01. The maximum atomic E-state index is 12.0. The molecule has 2 aromatic rings. The number of aromatic nitrogens is 1. The summed E-state index contributed by atoms with van der Waals surface area (Å²) in [5, 5.41) is 0.741. The van der Waals surface area contributed by atoms with Crippen LogP contribution in [-0.4, -0.2) is 10.9 Å². The van der Waals surface area contributed by atoms with Crippen LogP contribution in [0.4, 0.5) is 5.13 Å². The standard InChI is InChI=1S/C15H19N3OS/c1-2-3-6-10-9-11(10)14(19)17-18-15-16-12-7-4-5-8-13(12)20-15/h4-5,7-8,10-11H,2-3,6,9H2,1H3,(H,16,18)(H,17,19). The van der Waals surface area contributed by atoms with Crippen LogP contribution < -0.4 is 10.9 Å². The van der Waals surface area contributed by atoms with Crippen molar-refractivity contribution in [3.63, 3.8) is 0 Å². The van der Waals surface area contributed by atoms with Gasteiger partial charge in [0, 0.05) is 5.92 Å². The van der Waals surface area contributed by atoms with Gasteiger partial charge in [0.05, 0.1) is 10.2 Å². The average Bonchev–Trinajstić information content (AvgIpc) is 3.12. The number of hydrazine groups is 1. The fraction of sp³-hybridized carbons (Fsp3) is 0.467. The highest BCUT2D eigenvalue weighted by Gasteiger charge is 2.42. The molecule has 1 aromatic carbocycles. The minimum atomic E-state index is 0.102. The summed E-state index contributed by atoms with van der Waals surface area (Å²) in [6.45, 7) is 2.19. The Bertz CT molecular complexity index is 577. The van der Waals surface area contributed by atoms with E-state index in [2.05, 4.69) is 22.8 Å². The number of nitrogens with zero attached hydrogens (tertiary/aromatic N) is 1. The Kier molecular flexibility index (Phi) is 3.87. The Labute approximate surface area is 122 Å². The van der Waals surface area contributed by atoms with Gasteiger partial charge in [-0.3, -0.25) is 15.6 Å². The van der Waals surface area contributed by atoms with Crippen molar-refractivity contribution in [3.8, 4) is 0 Å². The van der Waals surface area contributed by atoms with Gasteiger partial charge < -0.3 is 0 Å². The van der Waals surface area contributed by atoms with E-state index < -0.39 is 0 Å². The van der Waals surface area contributed by atoms with Gasteiger partial charge >= 0.3 is 0 Å². The number of carbonyl (C=O) groups is 1. The number of rotatable bonds is 6. The van der Waals surface area contributed by atoms with Crippen molar-refractivity contribution >= 4 is 32.6 Å². The molecule has 0 saturated heterocycles. The third-order valence-corrected chi connectivity index (χ3v) is 4.73. The van der Waals surface area contributed by atoms with E-state index in [0.717, 1.165) is 21.8 Å². The number of anilines is 1. The van der Waals surface area contributed by atoms with Crippen LogP contribution in [0.1, 0.15) is 32.6 Å². The molecular formula is C15H19N3OS. The fourth-order valence-corrected chi connectivity index (χ4v) is 3.31. The average molecular weight is 289 g/mol. The maximum Gasteiger partial charge on any atom is 0.241 e. The van der Waals surface area contributed by atoms with E-state index >= 15 is 0 Å². The van der Waals surface area contributed by atoms with E-state index in [9.17, 15) is 4.79 Å². The van der Waals surface area contributed by atoms with Gasteiger partial charge in [-0.15, -0.1) is 0 Å². The van der Waals surface area contributed by atoms with Crippen molar-refractivity contribution in [2.45, 2.75) is 32.6 Å². The van der Waals surface area contributed by atoms with Gasteiger partial charge in [-0.25, -0.2) is 4.98 Å². The SMILES string of the molecule is CCCCC1CC1C(=O)NNc1nc2ccccc2s1. The predicted octanol–water partition coefficient (Wildman–Crippen LogP) is 3.57. The molecule has 1 saturated carbocycles. The highest BCUT2D eigenvalue weighted by atomic mass is 32.1. The molecule has 20 heavy (non-hydrogen) atoms. The van der Waals surface area contributed by atoms with Gasteiger partial charge in [-0.2, -0.15) is 0 Å². The van der Waals surface area contributed by atoms with Gasteiger partial charge in [0.1, 0.15) is 0 Å². The van der Waals surface area contributed by atoms with Crippen LogP contribution in [-0.2, 0) is 4.79 Å². The van der Waals surface area contributed by atoms with Crippen molar-refractivity contribution in [3.05, 3.63) is 24.3 Å². The molecule has 1 fully saturated rings. The normalized spacial score (nSPS) is 20.9. The van der Waals surface area contributed by atoms with Crippen LogP contribution in [0.3, 0.4) is 0 Å². The van der Waals surface area contributed by atoms with Gasteiger partial charge in [0.25, 0.3) is 0 Å². The molecule has 0 bridgehead atoms. The second-order valence-electron chi connectivity index (χ2n) is 5.35. The lowest BCUT2D eigenvalue weighted by molar-refractivity contribution is -0.122. The predicted molar refractivity (Wildman–Crippen MR) is 82.5 cm³/mol. The largest absolute Gasteiger partial charge is 0.273 e. The molecule has 0 radical (unpaired) electrons. The molecule has 106 valence electrons. The van der Waals surface area contributed by atoms with E-state index in [-0.39, 0.29) is 11.8 Å². The Balaban J connectivity index is 1.51. The lowest BCUT2D eigenvalue weighted by Crippen LogP contribution is -2.31. The molecular weight excluding hydrogens is 270 g/mol. The smallest absolute Gasteiger partial charge is 0.241 e. The topological polar surface area (TPSA) is 54.0 Å². The molecule has 5 heteroatoms. The molecule has 2 atom stereocenters. The fourth-order valence-electron chi connectivity index (χ4n) is 2.49. The number of hydrogen-bond donors (Lipinski definition) is 2. The molecule has 0 aliphatic heterocycles. The molecule has 1 aromatic heterocycles. The van der Waals surface area contributed by atoms with Crippen molar-refractivity contribution in [1.29, 1.82) is 0 Å². The van der Waals surface area contributed by atoms with E-state index in [1.54, 1.807) is 11.3 Å². The summed E-state index contributed by atoms with van der Waals surface area (Å²) in [7, 11) is 0. The number of carbonyl (C=O) groups excluding carboxylic acids is 1. The van der Waals surface area contributed by atoms with Crippen LogP contribution in [0.25, 0.3) is 10.2 Å². The number of nitrogens with one attached hydrogen (secondary N) is 2. The second-order valence-corrected chi connectivity index (χ2v) is 6.38. The summed E-state index contributed by atoms with van der Waals surface area (Å²) in [6, 6.07) is 7.96. The maximum absolute atomic E-state index is 12.0. The monoisotopic (exact) mass is 289 g/mol. The van der Waals surface area contributed by atoms with E-state index in [0.29, 0.717) is 5.92 Å². The minimum absolute atomic E-state index is 0.102. The van der Waals surface area contributed by atoms with Crippen molar-refractivity contribution in [2.24, 2.45) is 11.8 Å². The van der Waals surface area contributed by atoms with E-state index in [1.807, 2.05) is 24.3 Å². The molecule has 1 aliphatic rings. The van der Waals surface area contributed by atoms with Crippen LogP contribution in [0.15, 0.2) is 24.3 Å². The zero-order chi connectivity index (χ0) is 13.9. The van der Waals surface area contributed by atoms with Crippen LogP contribution in [0, 0.1) is 11.8 Å². The highest BCUT2D eigenvalue weighted by Crippen LogP contribution is 2.42. The molecule has 1 aliphatic carbocycles. The Morgan fingerprint density at radius 2 is 2.30 bits per heavy atom. The Morgan fingerprint density at radius 3 is 3.10 bits per heavy atom. The van der Waals surface area contributed by atoms with Gasteiger partial charge in [0.15, 0.2) is 0 Å². The summed E-state index contributed by atoms with van der Waals surface area (Å²) in [6.07, 6.45) is 4.64. The number of benzene rings is 1. The van der Waals surface area contributed by atoms with Crippen molar-refractivity contribution in [1.82, 2.24) is 10.4 Å². The zero-order valence-corrected chi connectivity index (χ0v) is 12.4. The number of unbranched alkanes of at least 4 members (excludes halogenated alkanes) is 1. The van der Waals surface area contributed by atoms with Crippen molar-refractivity contribution in [2.75, 3.05) is 5.43 Å². The van der Waals surface area contributed by atoms with Gasteiger partial charge in [0.2, 0.25) is 11.0 Å². The molecule has 1 amide bonds. The second kappa shape index (κ2) is 5.79. The van der Waals surface area contributed by atoms with Crippen LogP contribution in [0.2, 0.25) is 0 Å². The third-order valence-electron chi connectivity index (χ3n) is 3.77. The lowest BCUT2D eigenvalue weighted by atomic mass is 10.1. The van der Waals surface area contributed by atoms with Gasteiger partial charge in [-0.05, 0) is 30.9 Å². The molecule has 2 N–H and O–H groups in total. The molecule has 1 heterocycles. The first kappa shape index (κ1) is 13.4. The summed E-state index contributed by atoms with van der Waals surface area (Å²) >= 11 is 1.55. The first-order chi connectivity index (χ1) is 9.78. The molecule has 3 rings (SSSR count). The third kappa shape index (κ3) is 2.93. The minimum Gasteiger partial charge on any atom is -0.273 e. The van der Waals surface area contributed by atoms with Gasteiger partial charge in [-0.1, -0.05) is 43.2 Å². The quantitative estimate of drug-likeness (QED) is 0.799. The number of thiazole rings is 1. The van der Waals surface area contributed by atoms with Crippen molar-refractivity contribution < 1.29 is 4.79 Å². The summed E-state index contributed by atoms with van der Waals surface area (Å²) in [4.78, 5) is 16.4. The zero-order valence-electron chi connectivity index (χ0n) is 11.6. The summed E-state index contributed by atoms with van der Waals surface area (Å²) in [5.74, 6) is 0.890. The van der Waals surface area contributed by atoms with Crippen LogP contribution in [0.5, 0.6) is 0 Å². The van der Waals surface area contributed by atoms with E-state index in [1.165, 1.54) is 19.3 Å². The number of hydrogen-bond acceptors (Lipinski definition) is 4. The lowest BCUT2D eigenvalue weighted by Gasteiger charge is -2.04. The number of para-hydroxylation sites is 1. The Morgan fingerprint density at radius 1 is 1.45 bits per heavy atom. The summed E-state index contributed by atoms with van der Waals surface area (Å²) in [5.41, 5.74) is 6.69. The molecule has 0 spiro atoms. The highest BCUT2D eigenvalue weighted by molar-refractivity contribution is 7.22. The Hall–Kier alpha value is -1.62. The molecule has 4 nitrogen and oxygen atoms in total. The van der Waals surface area contributed by atoms with E-state index in [4.69, 9.17) is 0 Å². The first-order valence-electron chi connectivity index (χ1n) is 7.19.